The lowest BCUT2D eigenvalue weighted by molar-refractivity contribution is -0.157. The largest absolute Gasteiger partial charge is 0.396 e. The number of aliphatic hydroxyl groups is 1. The van der Waals surface area contributed by atoms with Crippen LogP contribution in [-0.4, -0.2) is 17.8 Å². The average Bonchev–Trinajstić information content (AvgIpc) is 2.52. The molecule has 1 aromatic rings. The lowest BCUT2D eigenvalue weighted by Crippen LogP contribution is -2.54. The highest BCUT2D eigenvalue weighted by atomic mass is 16.5. The van der Waals surface area contributed by atoms with Crippen molar-refractivity contribution in [1.82, 2.24) is 0 Å². The van der Waals surface area contributed by atoms with Crippen molar-refractivity contribution >= 4 is 0 Å². The molecule has 0 saturated heterocycles. The molecule has 23 heavy (non-hydrogen) atoms. The van der Waals surface area contributed by atoms with E-state index in [-0.39, 0.29) is 24.0 Å². The first-order valence-electron chi connectivity index (χ1n) is 9.24. The Bertz CT molecular complexity index is 510. The first-order valence-corrected chi connectivity index (χ1v) is 9.24. The quantitative estimate of drug-likeness (QED) is 0.864. The fourth-order valence-electron chi connectivity index (χ4n) is 5.59. The van der Waals surface area contributed by atoms with E-state index in [1.807, 2.05) is 6.07 Å². The van der Waals surface area contributed by atoms with Gasteiger partial charge in [-0.05, 0) is 48.0 Å². The molecule has 2 saturated carbocycles. The maximum absolute atomic E-state index is 10.2. The van der Waals surface area contributed by atoms with Gasteiger partial charge in [-0.15, -0.1) is 0 Å². The predicted molar refractivity (Wildman–Crippen MR) is 94.1 cm³/mol. The Labute approximate surface area is 141 Å². The van der Waals surface area contributed by atoms with Gasteiger partial charge in [0.25, 0.3) is 0 Å². The molecule has 0 aliphatic heterocycles. The molecule has 0 bridgehead atoms. The number of fused-ring (bicyclic) bond motifs is 1. The van der Waals surface area contributed by atoms with Gasteiger partial charge in [-0.3, -0.25) is 0 Å². The molecule has 2 nitrogen and oxygen atoms in total. The lowest BCUT2D eigenvalue weighted by atomic mass is 9.48. The Morgan fingerprint density at radius 1 is 1.09 bits per heavy atom. The molecule has 3 rings (SSSR count). The predicted octanol–water partition coefficient (Wildman–Crippen LogP) is 4.81. The van der Waals surface area contributed by atoms with Crippen molar-refractivity contribution in [3.05, 3.63) is 35.9 Å². The molecule has 4 atom stereocenters. The van der Waals surface area contributed by atoms with E-state index < -0.39 is 0 Å². The summed E-state index contributed by atoms with van der Waals surface area (Å²) in [4.78, 5) is 0. The molecule has 0 amide bonds. The molecule has 2 aliphatic rings. The fourth-order valence-corrected chi connectivity index (χ4v) is 5.59. The van der Waals surface area contributed by atoms with E-state index in [2.05, 4.69) is 45.0 Å². The van der Waals surface area contributed by atoms with E-state index in [1.54, 1.807) is 0 Å². The zero-order valence-electron chi connectivity index (χ0n) is 14.9. The van der Waals surface area contributed by atoms with Crippen molar-refractivity contribution in [2.24, 2.45) is 22.7 Å². The minimum Gasteiger partial charge on any atom is -0.396 e. The number of hydrogen-bond acceptors (Lipinski definition) is 2. The van der Waals surface area contributed by atoms with E-state index in [9.17, 15) is 5.11 Å². The molecule has 2 fully saturated rings. The third-order valence-electron chi connectivity index (χ3n) is 6.82. The van der Waals surface area contributed by atoms with E-state index in [0.717, 1.165) is 6.42 Å². The molecule has 0 radical (unpaired) electrons. The van der Waals surface area contributed by atoms with E-state index >= 15 is 0 Å². The van der Waals surface area contributed by atoms with Gasteiger partial charge in [0.15, 0.2) is 0 Å². The van der Waals surface area contributed by atoms with Crippen molar-refractivity contribution in [3.8, 4) is 0 Å². The van der Waals surface area contributed by atoms with E-state index in [0.29, 0.717) is 17.9 Å². The Morgan fingerprint density at radius 2 is 1.83 bits per heavy atom. The number of hydrogen-bond donors (Lipinski definition) is 1. The smallest absolute Gasteiger partial charge is 0.0720 e. The molecule has 128 valence electrons. The highest BCUT2D eigenvalue weighted by Gasteiger charge is 2.54. The normalized spacial score (nSPS) is 36.4. The molecule has 2 heteroatoms. The van der Waals surface area contributed by atoms with Gasteiger partial charge < -0.3 is 9.84 Å². The van der Waals surface area contributed by atoms with Crippen LogP contribution in [0.25, 0.3) is 0 Å². The van der Waals surface area contributed by atoms with Gasteiger partial charge in [0.2, 0.25) is 0 Å². The lowest BCUT2D eigenvalue weighted by Gasteiger charge is -2.58. The minimum atomic E-state index is 0.190. The number of rotatable bonds is 4. The summed E-state index contributed by atoms with van der Waals surface area (Å²) in [7, 11) is 0. The zero-order valence-corrected chi connectivity index (χ0v) is 14.9. The van der Waals surface area contributed by atoms with E-state index in [1.165, 1.54) is 31.2 Å². The standard InChI is InChI=1S/C21H32O2/c1-20(2)12-7-13-21(3)17(14-22)18(10-11-19(20)21)23-15-16-8-5-4-6-9-16/h4-6,8-9,17-19,22H,7,10-15H2,1-3H3/t17-,18+,19+,21+/m1/s1. The molecule has 0 unspecified atom stereocenters. The second-order valence-electron chi connectivity index (χ2n) is 8.60. The van der Waals surface area contributed by atoms with Crippen LogP contribution < -0.4 is 0 Å². The highest BCUT2D eigenvalue weighted by molar-refractivity contribution is 5.13. The van der Waals surface area contributed by atoms with Gasteiger partial charge in [0.1, 0.15) is 0 Å². The van der Waals surface area contributed by atoms with Gasteiger partial charge in [-0.1, -0.05) is 57.5 Å². The van der Waals surface area contributed by atoms with Crippen LogP contribution in [0.2, 0.25) is 0 Å². The summed E-state index contributed by atoms with van der Waals surface area (Å²) in [5, 5.41) is 10.2. The number of benzene rings is 1. The third kappa shape index (κ3) is 3.21. The van der Waals surface area contributed by atoms with Crippen molar-refractivity contribution in [1.29, 1.82) is 0 Å². The van der Waals surface area contributed by atoms with Gasteiger partial charge in [-0.2, -0.15) is 0 Å². The average molecular weight is 316 g/mol. The van der Waals surface area contributed by atoms with Crippen LogP contribution >= 0.6 is 0 Å². The van der Waals surface area contributed by atoms with Crippen molar-refractivity contribution in [2.75, 3.05) is 6.61 Å². The number of aliphatic hydroxyl groups excluding tert-OH is 1. The molecule has 0 spiro atoms. The SMILES string of the molecule is CC1(C)CCC[C@@]2(C)[C@H](CO)[C@@H](OCc3ccccc3)CC[C@@H]12. The first-order chi connectivity index (χ1) is 11.0. The van der Waals surface area contributed by atoms with Crippen molar-refractivity contribution < 1.29 is 9.84 Å². The van der Waals surface area contributed by atoms with Gasteiger partial charge >= 0.3 is 0 Å². The molecule has 1 N–H and O–H groups in total. The number of ether oxygens (including phenoxy) is 1. The molecular formula is C21H32O2. The second kappa shape index (κ2) is 6.57. The summed E-state index contributed by atoms with van der Waals surface area (Å²) < 4.78 is 6.29. The van der Waals surface area contributed by atoms with Crippen LogP contribution in [0.1, 0.15) is 58.4 Å². The van der Waals surface area contributed by atoms with Crippen LogP contribution in [0.4, 0.5) is 0 Å². The summed E-state index contributed by atoms with van der Waals surface area (Å²) >= 11 is 0. The third-order valence-corrected chi connectivity index (χ3v) is 6.82. The summed E-state index contributed by atoms with van der Waals surface area (Å²) in [5.74, 6) is 0.974. The fraction of sp³-hybridized carbons (Fsp3) is 0.714. The van der Waals surface area contributed by atoms with Crippen LogP contribution in [0, 0.1) is 22.7 Å². The van der Waals surface area contributed by atoms with Gasteiger partial charge in [0.05, 0.1) is 12.7 Å². The van der Waals surface area contributed by atoms with Crippen LogP contribution in [-0.2, 0) is 11.3 Å². The monoisotopic (exact) mass is 316 g/mol. The van der Waals surface area contributed by atoms with E-state index in [4.69, 9.17) is 4.74 Å². The summed E-state index contributed by atoms with van der Waals surface area (Å²) in [6.07, 6.45) is 6.34. The Balaban J connectivity index is 1.74. The molecule has 0 aromatic heterocycles. The van der Waals surface area contributed by atoms with Crippen LogP contribution in [0.15, 0.2) is 30.3 Å². The minimum absolute atomic E-state index is 0.190. The van der Waals surface area contributed by atoms with Crippen molar-refractivity contribution in [2.45, 2.75) is 65.6 Å². The molecule has 1 aromatic carbocycles. The van der Waals surface area contributed by atoms with Crippen molar-refractivity contribution in [3.63, 3.8) is 0 Å². The zero-order chi connectivity index (χ0) is 16.5. The Hall–Kier alpha value is -0.860. The maximum Gasteiger partial charge on any atom is 0.0720 e. The summed E-state index contributed by atoms with van der Waals surface area (Å²) in [5.41, 5.74) is 1.83. The molecule has 0 heterocycles. The Kier molecular flexibility index (Phi) is 4.85. The van der Waals surface area contributed by atoms with Gasteiger partial charge in [-0.25, -0.2) is 0 Å². The summed E-state index contributed by atoms with van der Waals surface area (Å²) in [6.45, 7) is 8.18. The van der Waals surface area contributed by atoms with Crippen LogP contribution in [0.3, 0.4) is 0 Å². The maximum atomic E-state index is 10.2. The highest BCUT2D eigenvalue weighted by Crippen LogP contribution is 2.60. The molecule has 2 aliphatic carbocycles. The van der Waals surface area contributed by atoms with Crippen LogP contribution in [0.5, 0.6) is 0 Å². The topological polar surface area (TPSA) is 29.5 Å². The molecular weight excluding hydrogens is 284 g/mol. The first kappa shape index (κ1) is 17.0. The summed E-state index contributed by atoms with van der Waals surface area (Å²) in [6, 6.07) is 10.4. The second-order valence-corrected chi connectivity index (χ2v) is 8.60. The van der Waals surface area contributed by atoms with Gasteiger partial charge in [0, 0.05) is 12.5 Å². The Morgan fingerprint density at radius 3 is 2.52 bits per heavy atom.